The topological polar surface area (TPSA) is 26.0 Å². The van der Waals surface area contributed by atoms with Gasteiger partial charge in [-0.3, -0.25) is 0 Å². The molecule has 0 amide bonds. The quantitative estimate of drug-likeness (QED) is 0.468. The summed E-state index contributed by atoms with van der Waals surface area (Å²) in [7, 11) is 0. The third-order valence-electron chi connectivity index (χ3n) is 2.18. The second kappa shape index (κ2) is 5.35. The molecule has 2 atom stereocenters. The Balaban J connectivity index is 3.69. The van der Waals surface area contributed by atoms with Crippen molar-refractivity contribution >= 4 is 20.1 Å². The first kappa shape index (κ1) is 10.7. The first-order valence-corrected chi connectivity index (χ1v) is 8.03. The van der Waals surface area contributed by atoms with E-state index in [-0.39, 0.29) is 0 Å². The summed E-state index contributed by atoms with van der Waals surface area (Å²) in [6.07, 6.45) is 1.28. The van der Waals surface area contributed by atoms with Gasteiger partial charge in [0.15, 0.2) is 0 Å². The maximum absolute atomic E-state index is 6.05. The minimum absolute atomic E-state index is 0.833. The Labute approximate surface area is 72.5 Å². The molecule has 10 heavy (non-hydrogen) atoms. The van der Waals surface area contributed by atoms with E-state index in [1.54, 1.807) is 0 Å². The molecule has 0 aromatic carbocycles. The van der Waals surface area contributed by atoms with Gasteiger partial charge in [0, 0.05) is 0 Å². The molecular weight excluding hydrogens is 237 g/mol. The molecule has 64 valence electrons. The molecular formula is C8H20IN. The van der Waals surface area contributed by atoms with Crippen LogP contribution in [0.5, 0.6) is 0 Å². The molecule has 0 heterocycles. The van der Waals surface area contributed by atoms with Crippen LogP contribution in [0.2, 0.25) is 0 Å². The fourth-order valence-corrected chi connectivity index (χ4v) is 4.32. The second-order valence-corrected chi connectivity index (χ2v) is 8.74. The Morgan fingerprint density at radius 3 is 2.10 bits per heavy atom. The monoisotopic (exact) mass is 257 g/mol. The van der Waals surface area contributed by atoms with Gasteiger partial charge < -0.3 is 0 Å². The third kappa shape index (κ3) is 3.19. The molecule has 2 heteroatoms. The molecule has 2 N–H and O–H groups in total. The van der Waals surface area contributed by atoms with Gasteiger partial charge in [0.2, 0.25) is 0 Å². The Kier molecular flexibility index (Phi) is 5.72. The van der Waals surface area contributed by atoms with Gasteiger partial charge in [-0.25, -0.2) is 0 Å². The van der Waals surface area contributed by atoms with Gasteiger partial charge in [-0.2, -0.15) is 0 Å². The van der Waals surface area contributed by atoms with E-state index in [1.807, 2.05) is 0 Å². The van der Waals surface area contributed by atoms with Crippen LogP contribution in [0.15, 0.2) is 0 Å². The number of nitrogens with two attached hydrogens (primary N) is 1. The van der Waals surface area contributed by atoms with E-state index in [0.717, 1.165) is 9.84 Å². The molecule has 0 unspecified atom stereocenters. The standard InChI is InChI=1S/C8H20IN/c1-5-7(3)8(4)9(10)6-2/h7-8H,5-6,10H2,1-4H3/t7-,8+/m0/s1. The van der Waals surface area contributed by atoms with Crippen molar-refractivity contribution in [2.45, 2.75) is 38.0 Å². The van der Waals surface area contributed by atoms with Crippen molar-refractivity contribution in [1.29, 1.82) is 0 Å². The molecule has 0 saturated carbocycles. The van der Waals surface area contributed by atoms with Crippen molar-refractivity contribution in [1.82, 2.24) is 0 Å². The second-order valence-electron chi connectivity index (χ2n) is 2.76. The SMILES string of the molecule is CC[C@H](C)[C@@H](C)I(N)CC. The van der Waals surface area contributed by atoms with Crippen LogP contribution < -0.4 is 3.95 Å². The fourth-order valence-electron chi connectivity index (χ4n) is 0.844. The van der Waals surface area contributed by atoms with Gasteiger partial charge in [0.1, 0.15) is 0 Å². The van der Waals surface area contributed by atoms with Crippen LogP contribution >= 0.6 is 20.1 Å². The molecule has 0 fully saturated rings. The minimum atomic E-state index is -1.01. The van der Waals surface area contributed by atoms with Crippen LogP contribution in [0.4, 0.5) is 0 Å². The van der Waals surface area contributed by atoms with Crippen molar-refractivity contribution < 1.29 is 0 Å². The molecule has 0 spiro atoms. The summed E-state index contributed by atoms with van der Waals surface area (Å²) in [5, 5.41) is 0. The van der Waals surface area contributed by atoms with E-state index in [4.69, 9.17) is 3.95 Å². The molecule has 0 aliphatic heterocycles. The molecule has 0 rings (SSSR count). The maximum atomic E-state index is 6.05. The number of hydrogen-bond donors (Lipinski definition) is 1. The van der Waals surface area contributed by atoms with Crippen LogP contribution in [0.3, 0.4) is 0 Å². The Hall–Kier alpha value is 0.690. The first-order chi connectivity index (χ1) is 4.63. The van der Waals surface area contributed by atoms with Crippen LogP contribution in [0, 0.1) is 5.92 Å². The van der Waals surface area contributed by atoms with E-state index in [0.29, 0.717) is 0 Å². The molecule has 0 saturated heterocycles. The Morgan fingerprint density at radius 1 is 1.30 bits per heavy atom. The predicted molar refractivity (Wildman–Crippen MR) is 57.7 cm³/mol. The van der Waals surface area contributed by atoms with E-state index in [2.05, 4.69) is 27.7 Å². The molecule has 0 aromatic heterocycles. The zero-order chi connectivity index (χ0) is 8.15. The predicted octanol–water partition coefficient (Wildman–Crippen LogP) is 2.82. The van der Waals surface area contributed by atoms with Crippen molar-refractivity contribution in [3.63, 3.8) is 0 Å². The van der Waals surface area contributed by atoms with E-state index in [1.165, 1.54) is 10.8 Å². The van der Waals surface area contributed by atoms with Crippen molar-refractivity contribution in [3.8, 4) is 0 Å². The first-order valence-electron chi connectivity index (χ1n) is 4.01. The van der Waals surface area contributed by atoms with Gasteiger partial charge in [-0.1, -0.05) is 0 Å². The van der Waals surface area contributed by atoms with Crippen molar-refractivity contribution in [3.05, 3.63) is 0 Å². The third-order valence-corrected chi connectivity index (χ3v) is 7.69. The summed E-state index contributed by atoms with van der Waals surface area (Å²) >= 11 is -1.01. The van der Waals surface area contributed by atoms with Crippen LogP contribution in [0.25, 0.3) is 0 Å². The summed E-state index contributed by atoms with van der Waals surface area (Å²) in [5.41, 5.74) is 0. The summed E-state index contributed by atoms with van der Waals surface area (Å²) in [4.78, 5) is 0. The van der Waals surface area contributed by atoms with Crippen molar-refractivity contribution in [2.75, 3.05) is 4.43 Å². The number of hydrogen-bond acceptors (Lipinski definition) is 1. The molecule has 0 aliphatic carbocycles. The number of rotatable bonds is 4. The Morgan fingerprint density at radius 2 is 1.80 bits per heavy atom. The Bertz CT molecular complexity index is 75.3. The average Bonchev–Trinajstić information content (AvgIpc) is 2.00. The van der Waals surface area contributed by atoms with Gasteiger partial charge in [0.25, 0.3) is 0 Å². The molecule has 0 bridgehead atoms. The molecule has 0 radical (unpaired) electrons. The number of alkyl halides is 2. The van der Waals surface area contributed by atoms with E-state index < -0.39 is 20.1 Å². The normalized spacial score (nSPS) is 18.3. The van der Waals surface area contributed by atoms with Crippen LogP contribution in [-0.2, 0) is 0 Å². The molecule has 0 aromatic rings. The number of halogens is 1. The zero-order valence-corrected chi connectivity index (χ0v) is 9.68. The van der Waals surface area contributed by atoms with Gasteiger partial charge in [0.05, 0.1) is 0 Å². The fraction of sp³-hybridized carbons (Fsp3) is 1.00. The average molecular weight is 257 g/mol. The van der Waals surface area contributed by atoms with Gasteiger partial charge >= 0.3 is 72.4 Å². The molecule has 1 nitrogen and oxygen atoms in total. The van der Waals surface area contributed by atoms with Gasteiger partial charge in [-0.05, 0) is 0 Å². The summed E-state index contributed by atoms with van der Waals surface area (Å²) in [5.74, 6) is 0.843. The molecule has 0 aliphatic rings. The van der Waals surface area contributed by atoms with Crippen molar-refractivity contribution in [2.24, 2.45) is 9.86 Å². The summed E-state index contributed by atoms with van der Waals surface area (Å²) in [6, 6.07) is 0. The summed E-state index contributed by atoms with van der Waals surface area (Å²) < 4.78 is 8.14. The van der Waals surface area contributed by atoms with Crippen LogP contribution in [0.1, 0.15) is 34.1 Å². The van der Waals surface area contributed by atoms with E-state index in [9.17, 15) is 0 Å². The van der Waals surface area contributed by atoms with Crippen LogP contribution in [-0.4, -0.2) is 8.35 Å². The summed E-state index contributed by atoms with van der Waals surface area (Å²) in [6.45, 7) is 9.12. The van der Waals surface area contributed by atoms with E-state index >= 15 is 0 Å². The zero-order valence-electron chi connectivity index (χ0n) is 7.52. The van der Waals surface area contributed by atoms with Gasteiger partial charge in [-0.15, -0.1) is 0 Å².